The van der Waals surface area contributed by atoms with Crippen LogP contribution in [0.5, 0.6) is 0 Å². The van der Waals surface area contributed by atoms with Crippen molar-refractivity contribution in [2.24, 2.45) is 0 Å². The molecule has 0 saturated carbocycles. The number of thiol groups is 1. The molecule has 1 aliphatic heterocycles. The molecular weight excluding hydrogens is 298 g/mol. The molecule has 0 spiro atoms. The third-order valence-corrected chi connectivity index (χ3v) is 4.22. The molecule has 0 aromatic heterocycles. The molecule has 1 fully saturated rings. The number of rotatable bonds is 12. The van der Waals surface area contributed by atoms with Crippen LogP contribution < -0.4 is 10.6 Å². The van der Waals surface area contributed by atoms with Crippen LogP contribution in [0.3, 0.4) is 0 Å². The number of urea groups is 1. The second-order valence-electron chi connectivity index (χ2n) is 5.99. The van der Waals surface area contributed by atoms with E-state index in [0.29, 0.717) is 26.1 Å². The summed E-state index contributed by atoms with van der Waals surface area (Å²) >= 11 is 4.34. The van der Waals surface area contributed by atoms with E-state index in [0.717, 1.165) is 12.8 Å². The van der Waals surface area contributed by atoms with Crippen LogP contribution in [-0.4, -0.2) is 41.8 Å². The highest BCUT2D eigenvalue weighted by Crippen LogP contribution is 2.10. The van der Waals surface area contributed by atoms with Gasteiger partial charge >= 0.3 is 6.03 Å². The predicted octanol–water partition coefficient (Wildman–Crippen LogP) is 2.91. The van der Waals surface area contributed by atoms with Crippen molar-refractivity contribution in [3.63, 3.8) is 0 Å². The lowest BCUT2D eigenvalue weighted by Gasteiger charge is -2.20. The van der Waals surface area contributed by atoms with Crippen LogP contribution in [0, 0.1) is 0 Å². The van der Waals surface area contributed by atoms with Crippen LogP contribution in [0.25, 0.3) is 0 Å². The molecule has 6 heteroatoms. The molecule has 1 saturated heterocycles. The number of nitrogens with one attached hydrogen (secondary N) is 2. The van der Waals surface area contributed by atoms with Gasteiger partial charge in [0.25, 0.3) is 0 Å². The third kappa shape index (κ3) is 8.51. The zero-order chi connectivity index (χ0) is 16.2. The van der Waals surface area contributed by atoms with E-state index in [-0.39, 0.29) is 17.3 Å². The van der Waals surface area contributed by atoms with Crippen molar-refractivity contribution in [1.82, 2.24) is 15.5 Å². The summed E-state index contributed by atoms with van der Waals surface area (Å²) in [5.74, 6) is 0.0330. The SMILES string of the molecule is CCCCCCCCCCC(=O)NC(S)CN1CCNC1=O. The normalized spacial score (nSPS) is 15.7. The molecule has 1 unspecified atom stereocenters. The van der Waals surface area contributed by atoms with Crippen molar-refractivity contribution < 1.29 is 9.59 Å². The predicted molar refractivity (Wildman–Crippen MR) is 93.1 cm³/mol. The van der Waals surface area contributed by atoms with Gasteiger partial charge in [0.15, 0.2) is 0 Å². The minimum absolute atomic E-state index is 0.0330. The first-order valence-electron chi connectivity index (χ1n) is 8.63. The Labute approximate surface area is 140 Å². The van der Waals surface area contributed by atoms with E-state index >= 15 is 0 Å². The molecule has 1 atom stereocenters. The van der Waals surface area contributed by atoms with Gasteiger partial charge in [0.2, 0.25) is 5.91 Å². The Morgan fingerprint density at radius 3 is 2.45 bits per heavy atom. The molecular formula is C16H31N3O2S. The zero-order valence-corrected chi connectivity index (χ0v) is 14.7. The molecule has 3 amide bonds. The number of carbonyl (C=O) groups is 2. The summed E-state index contributed by atoms with van der Waals surface area (Å²) in [6.45, 7) is 4.04. The summed E-state index contributed by atoms with van der Waals surface area (Å²) in [6, 6.07) is -0.0728. The number of hydrogen-bond acceptors (Lipinski definition) is 3. The van der Waals surface area contributed by atoms with Gasteiger partial charge in [-0.15, -0.1) is 0 Å². The minimum Gasteiger partial charge on any atom is -0.343 e. The Morgan fingerprint density at radius 1 is 1.23 bits per heavy atom. The van der Waals surface area contributed by atoms with Crippen LogP contribution in [0.4, 0.5) is 4.79 Å². The van der Waals surface area contributed by atoms with E-state index in [1.54, 1.807) is 4.90 Å². The summed E-state index contributed by atoms with van der Waals surface area (Å²) in [7, 11) is 0. The highest BCUT2D eigenvalue weighted by atomic mass is 32.1. The lowest BCUT2D eigenvalue weighted by atomic mass is 10.1. The van der Waals surface area contributed by atoms with Gasteiger partial charge in [-0.3, -0.25) is 4.79 Å². The summed E-state index contributed by atoms with van der Waals surface area (Å²) in [5.41, 5.74) is 0. The molecule has 0 aliphatic carbocycles. The molecule has 2 N–H and O–H groups in total. The maximum atomic E-state index is 11.8. The Bertz CT molecular complexity index is 339. The van der Waals surface area contributed by atoms with Gasteiger partial charge < -0.3 is 15.5 Å². The second-order valence-corrected chi connectivity index (χ2v) is 6.61. The molecule has 0 bridgehead atoms. The Hall–Kier alpha value is -0.910. The first kappa shape index (κ1) is 19.1. The van der Waals surface area contributed by atoms with E-state index in [9.17, 15) is 9.59 Å². The molecule has 22 heavy (non-hydrogen) atoms. The molecule has 0 aromatic rings. The maximum Gasteiger partial charge on any atom is 0.317 e. The van der Waals surface area contributed by atoms with E-state index in [1.165, 1.54) is 38.5 Å². The highest BCUT2D eigenvalue weighted by molar-refractivity contribution is 7.81. The molecule has 5 nitrogen and oxygen atoms in total. The largest absolute Gasteiger partial charge is 0.343 e. The van der Waals surface area contributed by atoms with Crippen molar-refractivity contribution in [1.29, 1.82) is 0 Å². The fourth-order valence-corrected chi connectivity index (χ4v) is 2.96. The molecule has 0 radical (unpaired) electrons. The van der Waals surface area contributed by atoms with Gasteiger partial charge in [0.1, 0.15) is 0 Å². The smallest absolute Gasteiger partial charge is 0.317 e. The quantitative estimate of drug-likeness (QED) is 0.293. The highest BCUT2D eigenvalue weighted by Gasteiger charge is 2.22. The minimum atomic E-state index is -0.287. The number of carbonyl (C=O) groups excluding carboxylic acids is 2. The Morgan fingerprint density at radius 2 is 1.86 bits per heavy atom. The first-order chi connectivity index (χ1) is 10.6. The third-order valence-electron chi connectivity index (χ3n) is 3.92. The summed E-state index contributed by atoms with van der Waals surface area (Å²) in [5, 5.41) is 5.30. The second kappa shape index (κ2) is 11.6. The van der Waals surface area contributed by atoms with Gasteiger partial charge in [0, 0.05) is 19.5 Å². The molecule has 128 valence electrons. The van der Waals surface area contributed by atoms with Gasteiger partial charge in [-0.2, -0.15) is 12.6 Å². The topological polar surface area (TPSA) is 61.4 Å². The van der Waals surface area contributed by atoms with Crippen LogP contribution in [-0.2, 0) is 4.79 Å². The van der Waals surface area contributed by atoms with Gasteiger partial charge in [-0.05, 0) is 6.42 Å². The number of nitrogens with zero attached hydrogens (tertiary/aromatic N) is 1. The summed E-state index contributed by atoms with van der Waals surface area (Å²) in [6.07, 6.45) is 10.4. The van der Waals surface area contributed by atoms with E-state index < -0.39 is 0 Å². The first-order valence-corrected chi connectivity index (χ1v) is 9.15. The number of hydrogen-bond donors (Lipinski definition) is 3. The molecule has 1 heterocycles. The fourth-order valence-electron chi connectivity index (χ4n) is 2.62. The van der Waals surface area contributed by atoms with Gasteiger partial charge in [-0.25, -0.2) is 4.79 Å². The van der Waals surface area contributed by atoms with Crippen molar-refractivity contribution in [2.75, 3.05) is 19.6 Å². The van der Waals surface area contributed by atoms with Crippen LogP contribution in [0.1, 0.15) is 64.7 Å². The molecule has 1 aliphatic rings. The van der Waals surface area contributed by atoms with E-state index in [4.69, 9.17) is 0 Å². The Balaban J connectivity index is 1.97. The molecule has 1 rings (SSSR count). The summed E-state index contributed by atoms with van der Waals surface area (Å²) < 4.78 is 0. The molecule has 0 aromatic carbocycles. The Kier molecular flexibility index (Phi) is 10.1. The van der Waals surface area contributed by atoms with Crippen LogP contribution in [0.15, 0.2) is 0 Å². The van der Waals surface area contributed by atoms with Gasteiger partial charge in [0.05, 0.1) is 11.9 Å². The number of unbranched alkanes of at least 4 members (excludes halogenated alkanes) is 7. The average molecular weight is 330 g/mol. The number of amides is 3. The average Bonchev–Trinajstić information content (AvgIpc) is 2.87. The van der Waals surface area contributed by atoms with Crippen LogP contribution >= 0.6 is 12.6 Å². The van der Waals surface area contributed by atoms with Crippen LogP contribution in [0.2, 0.25) is 0 Å². The van der Waals surface area contributed by atoms with E-state index in [2.05, 4.69) is 30.2 Å². The van der Waals surface area contributed by atoms with Crippen molar-refractivity contribution in [2.45, 2.75) is 70.1 Å². The lowest BCUT2D eigenvalue weighted by Crippen LogP contribution is -2.41. The van der Waals surface area contributed by atoms with Crippen molar-refractivity contribution >= 4 is 24.6 Å². The van der Waals surface area contributed by atoms with Gasteiger partial charge in [-0.1, -0.05) is 51.9 Å². The lowest BCUT2D eigenvalue weighted by molar-refractivity contribution is -0.121. The zero-order valence-electron chi connectivity index (χ0n) is 13.8. The summed E-state index contributed by atoms with van der Waals surface area (Å²) in [4.78, 5) is 24.9. The van der Waals surface area contributed by atoms with Crippen molar-refractivity contribution in [3.8, 4) is 0 Å². The maximum absolute atomic E-state index is 11.8. The monoisotopic (exact) mass is 329 g/mol. The van der Waals surface area contributed by atoms with Crippen molar-refractivity contribution in [3.05, 3.63) is 0 Å². The van der Waals surface area contributed by atoms with E-state index in [1.807, 2.05) is 0 Å². The standard InChI is InChI=1S/C16H31N3O2S/c1-2-3-4-5-6-7-8-9-10-14(20)18-15(22)13-19-12-11-17-16(19)21/h15,22H,2-13H2,1H3,(H,17,21)(H,18,20). The fraction of sp³-hybridized carbons (Fsp3) is 0.875.